The Kier molecular flexibility index (Phi) is 6.17. The van der Waals surface area contributed by atoms with Crippen molar-refractivity contribution in [2.75, 3.05) is 10.6 Å². The molecule has 3 rings (SSSR count). The third kappa shape index (κ3) is 5.24. The molecule has 1 heterocycles. The molecule has 0 radical (unpaired) electrons. The van der Waals surface area contributed by atoms with Crippen molar-refractivity contribution < 1.29 is 14.0 Å². The number of rotatable bonds is 5. The van der Waals surface area contributed by atoms with Gasteiger partial charge in [0.15, 0.2) is 0 Å². The van der Waals surface area contributed by atoms with E-state index in [4.69, 9.17) is 11.6 Å². The summed E-state index contributed by atoms with van der Waals surface area (Å²) in [7, 11) is 0. The summed E-state index contributed by atoms with van der Waals surface area (Å²) < 4.78 is 12.9. The number of nitrogens with zero attached hydrogens (tertiary/aromatic N) is 2. The van der Waals surface area contributed by atoms with Crippen LogP contribution in [-0.4, -0.2) is 22.1 Å². The molecule has 0 bridgehead atoms. The molecule has 0 saturated carbocycles. The molecule has 0 aliphatic carbocycles. The zero-order valence-corrected chi connectivity index (χ0v) is 16.2. The van der Waals surface area contributed by atoms with Gasteiger partial charge in [0.05, 0.1) is 17.3 Å². The Labute approximate surface area is 168 Å². The number of benzene rings is 2. The van der Waals surface area contributed by atoms with Crippen LogP contribution in [0, 0.1) is 12.7 Å². The van der Waals surface area contributed by atoms with E-state index in [1.54, 1.807) is 12.1 Å². The van der Waals surface area contributed by atoms with E-state index in [9.17, 15) is 14.0 Å². The van der Waals surface area contributed by atoms with E-state index in [0.29, 0.717) is 21.4 Å². The van der Waals surface area contributed by atoms with Crippen LogP contribution in [0.3, 0.4) is 0 Å². The van der Waals surface area contributed by atoms with E-state index >= 15 is 0 Å². The lowest BCUT2D eigenvalue weighted by Crippen LogP contribution is -2.28. The SMILES string of the molecule is Cc1ccc(NC(=O)NCc2nnc(C(=O)Nc3ccc(F)cc3)s2)c(Cl)c1. The van der Waals surface area contributed by atoms with E-state index in [1.165, 1.54) is 24.3 Å². The van der Waals surface area contributed by atoms with Gasteiger partial charge in [-0.05, 0) is 48.9 Å². The van der Waals surface area contributed by atoms with E-state index in [1.807, 2.05) is 13.0 Å². The highest BCUT2D eigenvalue weighted by molar-refractivity contribution is 7.13. The van der Waals surface area contributed by atoms with Gasteiger partial charge >= 0.3 is 6.03 Å². The first-order valence-corrected chi connectivity index (χ1v) is 9.30. The average molecular weight is 420 g/mol. The maximum atomic E-state index is 12.9. The highest BCUT2D eigenvalue weighted by atomic mass is 35.5. The van der Waals surface area contributed by atoms with Gasteiger partial charge in [-0.3, -0.25) is 4.79 Å². The van der Waals surface area contributed by atoms with E-state index in [0.717, 1.165) is 16.9 Å². The fraction of sp³-hybridized carbons (Fsp3) is 0.111. The van der Waals surface area contributed by atoms with Gasteiger partial charge in [-0.15, -0.1) is 10.2 Å². The number of nitrogens with one attached hydrogen (secondary N) is 3. The summed E-state index contributed by atoms with van der Waals surface area (Å²) >= 11 is 7.12. The number of carbonyl (C=O) groups excluding carboxylic acids is 2. The van der Waals surface area contributed by atoms with Crippen molar-refractivity contribution in [3.05, 3.63) is 68.9 Å². The third-order valence-electron chi connectivity index (χ3n) is 3.54. The summed E-state index contributed by atoms with van der Waals surface area (Å²) in [6.45, 7) is 1.99. The summed E-state index contributed by atoms with van der Waals surface area (Å²) in [5, 5.41) is 16.6. The summed E-state index contributed by atoms with van der Waals surface area (Å²) in [6.07, 6.45) is 0. The first-order valence-electron chi connectivity index (χ1n) is 8.11. The highest BCUT2D eigenvalue weighted by Crippen LogP contribution is 2.22. The number of hydrogen-bond donors (Lipinski definition) is 3. The molecule has 3 aromatic rings. The van der Waals surface area contributed by atoms with Crippen molar-refractivity contribution >= 4 is 46.3 Å². The van der Waals surface area contributed by atoms with Gasteiger partial charge in [-0.2, -0.15) is 0 Å². The number of hydrogen-bond acceptors (Lipinski definition) is 5. The minimum atomic E-state index is -0.466. The summed E-state index contributed by atoms with van der Waals surface area (Å²) in [4.78, 5) is 24.1. The van der Waals surface area contributed by atoms with Gasteiger partial charge in [0.2, 0.25) is 5.01 Å². The van der Waals surface area contributed by atoms with Crippen molar-refractivity contribution in [1.29, 1.82) is 0 Å². The molecule has 0 unspecified atom stereocenters. The van der Waals surface area contributed by atoms with Crippen molar-refractivity contribution in [1.82, 2.24) is 15.5 Å². The van der Waals surface area contributed by atoms with Gasteiger partial charge in [0, 0.05) is 5.69 Å². The minimum absolute atomic E-state index is 0.0941. The second kappa shape index (κ2) is 8.77. The first-order chi connectivity index (χ1) is 13.4. The number of aromatic nitrogens is 2. The molecular weight excluding hydrogens is 405 g/mol. The van der Waals surface area contributed by atoms with Crippen LogP contribution in [0.4, 0.5) is 20.6 Å². The largest absolute Gasteiger partial charge is 0.331 e. The summed E-state index contributed by atoms with van der Waals surface area (Å²) in [5.41, 5.74) is 1.91. The van der Waals surface area contributed by atoms with Crippen molar-refractivity contribution in [3.63, 3.8) is 0 Å². The van der Waals surface area contributed by atoms with Crippen molar-refractivity contribution in [2.24, 2.45) is 0 Å². The predicted octanol–water partition coefficient (Wildman–Crippen LogP) is 4.21. The smallest absolute Gasteiger partial charge is 0.319 e. The third-order valence-corrected chi connectivity index (χ3v) is 4.77. The Morgan fingerprint density at radius 2 is 1.86 bits per heavy atom. The number of anilines is 2. The standard InChI is InChI=1S/C18H15ClFN5O2S/c1-10-2-7-14(13(19)8-10)23-18(27)21-9-15-24-25-17(28-15)16(26)22-12-5-3-11(20)4-6-12/h2-8H,9H2,1H3,(H,22,26)(H2,21,23,27). The van der Waals surface area contributed by atoms with Crippen LogP contribution in [-0.2, 0) is 6.54 Å². The molecule has 0 atom stereocenters. The Balaban J connectivity index is 1.53. The van der Waals surface area contributed by atoms with Crippen LogP contribution in [0.2, 0.25) is 5.02 Å². The Morgan fingerprint density at radius 3 is 2.57 bits per heavy atom. The van der Waals surface area contributed by atoms with Crippen LogP contribution in [0.5, 0.6) is 0 Å². The van der Waals surface area contributed by atoms with Crippen LogP contribution < -0.4 is 16.0 Å². The number of urea groups is 1. The normalized spacial score (nSPS) is 10.4. The van der Waals surface area contributed by atoms with Crippen LogP contribution in [0.25, 0.3) is 0 Å². The fourth-order valence-corrected chi connectivity index (χ4v) is 3.14. The number of aryl methyl sites for hydroxylation is 1. The molecular formula is C18H15ClFN5O2S. The monoisotopic (exact) mass is 419 g/mol. The van der Waals surface area contributed by atoms with Gasteiger partial charge in [-0.1, -0.05) is 29.0 Å². The molecule has 10 heteroatoms. The Bertz CT molecular complexity index is 1010. The molecule has 7 nitrogen and oxygen atoms in total. The topological polar surface area (TPSA) is 96.0 Å². The molecule has 0 aliphatic rings. The van der Waals surface area contributed by atoms with E-state index in [2.05, 4.69) is 26.1 Å². The lowest BCUT2D eigenvalue weighted by atomic mass is 10.2. The number of amides is 3. The van der Waals surface area contributed by atoms with Gasteiger partial charge in [0.1, 0.15) is 10.8 Å². The maximum Gasteiger partial charge on any atom is 0.319 e. The molecule has 3 amide bonds. The average Bonchev–Trinajstić information content (AvgIpc) is 3.13. The van der Waals surface area contributed by atoms with Crippen LogP contribution in [0.1, 0.15) is 20.4 Å². The molecule has 3 N–H and O–H groups in total. The Hall–Kier alpha value is -3.04. The maximum absolute atomic E-state index is 12.9. The van der Waals surface area contributed by atoms with Gasteiger partial charge in [-0.25, -0.2) is 9.18 Å². The summed E-state index contributed by atoms with van der Waals surface area (Å²) in [5.74, 6) is -0.862. The second-order valence-electron chi connectivity index (χ2n) is 5.75. The van der Waals surface area contributed by atoms with Crippen molar-refractivity contribution in [2.45, 2.75) is 13.5 Å². The van der Waals surface area contributed by atoms with E-state index < -0.39 is 17.8 Å². The van der Waals surface area contributed by atoms with Crippen LogP contribution >= 0.6 is 22.9 Å². The molecule has 0 fully saturated rings. The lowest BCUT2D eigenvalue weighted by molar-refractivity contribution is 0.102. The number of carbonyl (C=O) groups is 2. The van der Waals surface area contributed by atoms with Crippen molar-refractivity contribution in [3.8, 4) is 0 Å². The molecule has 1 aromatic heterocycles. The quantitative estimate of drug-likeness (QED) is 0.577. The molecule has 0 saturated heterocycles. The highest BCUT2D eigenvalue weighted by Gasteiger charge is 2.14. The zero-order valence-electron chi connectivity index (χ0n) is 14.6. The summed E-state index contributed by atoms with van der Waals surface area (Å²) in [6, 6.07) is 10.2. The van der Waals surface area contributed by atoms with E-state index in [-0.39, 0.29) is 11.6 Å². The lowest BCUT2D eigenvalue weighted by Gasteiger charge is -2.08. The van der Waals surface area contributed by atoms with Crippen LogP contribution in [0.15, 0.2) is 42.5 Å². The second-order valence-corrected chi connectivity index (χ2v) is 7.22. The zero-order chi connectivity index (χ0) is 20.1. The fourth-order valence-electron chi connectivity index (χ4n) is 2.18. The first kappa shape index (κ1) is 19.7. The molecule has 0 aliphatic heterocycles. The van der Waals surface area contributed by atoms with Gasteiger partial charge in [0.25, 0.3) is 5.91 Å². The predicted molar refractivity (Wildman–Crippen MR) is 106 cm³/mol. The molecule has 2 aromatic carbocycles. The van der Waals surface area contributed by atoms with Gasteiger partial charge < -0.3 is 16.0 Å². The molecule has 144 valence electrons. The number of halogens is 2. The Morgan fingerprint density at radius 1 is 1.11 bits per heavy atom. The molecule has 0 spiro atoms. The molecule has 28 heavy (non-hydrogen) atoms. The minimum Gasteiger partial charge on any atom is -0.331 e.